The Morgan fingerprint density at radius 2 is 1.48 bits per heavy atom. The fourth-order valence-corrected chi connectivity index (χ4v) is 2.08. The summed E-state index contributed by atoms with van der Waals surface area (Å²) < 4.78 is 31.4. The van der Waals surface area contributed by atoms with E-state index in [-0.39, 0.29) is 22.6 Å². The van der Waals surface area contributed by atoms with Crippen LogP contribution in [0.5, 0.6) is 5.75 Å². The molecule has 0 spiro atoms. The lowest BCUT2D eigenvalue weighted by molar-refractivity contribution is 0.0946. The van der Waals surface area contributed by atoms with Gasteiger partial charge in [-0.3, -0.25) is 9.59 Å². The standard InChI is InChI=1S/C16H8F2O3/c17-9-5-10(18)7-11(6-9)21-15-8-14(19)12-3-1-2-4-13(12)16(15)20/h1-8H. The monoisotopic (exact) mass is 286 g/mol. The predicted molar refractivity (Wildman–Crippen MR) is 70.2 cm³/mol. The van der Waals surface area contributed by atoms with Crippen molar-refractivity contribution in [3.05, 3.63) is 77.1 Å². The summed E-state index contributed by atoms with van der Waals surface area (Å²) in [5.74, 6) is -3.00. The molecule has 0 radical (unpaired) electrons. The Labute approximate surface area is 118 Å². The van der Waals surface area contributed by atoms with Gasteiger partial charge in [-0.15, -0.1) is 0 Å². The molecule has 0 amide bonds. The number of halogens is 2. The molecule has 0 saturated heterocycles. The Hall–Kier alpha value is -2.82. The van der Waals surface area contributed by atoms with E-state index in [1.165, 1.54) is 12.1 Å². The number of rotatable bonds is 2. The third-order valence-electron chi connectivity index (χ3n) is 2.99. The van der Waals surface area contributed by atoms with E-state index in [0.717, 1.165) is 18.2 Å². The highest BCUT2D eigenvalue weighted by atomic mass is 19.1. The zero-order chi connectivity index (χ0) is 15.0. The van der Waals surface area contributed by atoms with Gasteiger partial charge in [0.15, 0.2) is 11.5 Å². The molecule has 0 bridgehead atoms. The van der Waals surface area contributed by atoms with E-state index in [4.69, 9.17) is 4.74 Å². The topological polar surface area (TPSA) is 43.4 Å². The van der Waals surface area contributed by atoms with Crippen LogP contribution in [0.15, 0.2) is 54.3 Å². The Bertz CT molecular complexity index is 774. The number of carbonyl (C=O) groups is 2. The Morgan fingerprint density at radius 3 is 2.14 bits per heavy atom. The molecule has 0 fully saturated rings. The van der Waals surface area contributed by atoms with E-state index in [1.54, 1.807) is 12.1 Å². The molecule has 1 aliphatic carbocycles. The summed E-state index contributed by atoms with van der Waals surface area (Å²) in [4.78, 5) is 24.1. The molecule has 0 unspecified atom stereocenters. The van der Waals surface area contributed by atoms with E-state index in [2.05, 4.69) is 0 Å². The smallest absolute Gasteiger partial charge is 0.229 e. The lowest BCUT2D eigenvalue weighted by atomic mass is 9.94. The minimum atomic E-state index is -0.833. The molecule has 3 rings (SSSR count). The molecule has 0 aromatic heterocycles. The van der Waals surface area contributed by atoms with Crippen LogP contribution < -0.4 is 4.74 Å². The van der Waals surface area contributed by atoms with Gasteiger partial charge in [0.2, 0.25) is 5.78 Å². The third-order valence-corrected chi connectivity index (χ3v) is 2.99. The first-order valence-electron chi connectivity index (χ1n) is 6.08. The van der Waals surface area contributed by atoms with Gasteiger partial charge in [-0.25, -0.2) is 8.78 Å². The highest BCUT2D eigenvalue weighted by Crippen LogP contribution is 2.25. The minimum absolute atomic E-state index is 0.181. The van der Waals surface area contributed by atoms with Crippen LogP contribution in [0.4, 0.5) is 8.78 Å². The quantitative estimate of drug-likeness (QED) is 0.850. The van der Waals surface area contributed by atoms with Crippen molar-refractivity contribution in [1.29, 1.82) is 0 Å². The van der Waals surface area contributed by atoms with E-state index >= 15 is 0 Å². The Balaban J connectivity index is 1.97. The lowest BCUT2D eigenvalue weighted by Gasteiger charge is -2.15. The van der Waals surface area contributed by atoms with Crippen molar-refractivity contribution in [3.8, 4) is 5.75 Å². The van der Waals surface area contributed by atoms with Crippen LogP contribution in [0.1, 0.15) is 20.7 Å². The number of ketones is 2. The van der Waals surface area contributed by atoms with Crippen molar-refractivity contribution in [2.45, 2.75) is 0 Å². The number of allylic oxidation sites excluding steroid dienone is 2. The number of hydrogen-bond donors (Lipinski definition) is 0. The zero-order valence-electron chi connectivity index (χ0n) is 10.6. The molecule has 0 aliphatic heterocycles. The average Bonchev–Trinajstić information content (AvgIpc) is 2.43. The maximum atomic E-state index is 13.1. The van der Waals surface area contributed by atoms with E-state index in [1.807, 2.05) is 0 Å². The second-order valence-corrected chi connectivity index (χ2v) is 4.45. The van der Waals surface area contributed by atoms with Gasteiger partial charge in [-0.2, -0.15) is 0 Å². The zero-order valence-corrected chi connectivity index (χ0v) is 10.6. The van der Waals surface area contributed by atoms with Gasteiger partial charge < -0.3 is 4.74 Å². The van der Waals surface area contributed by atoms with E-state index in [0.29, 0.717) is 6.07 Å². The van der Waals surface area contributed by atoms with Crippen molar-refractivity contribution in [2.75, 3.05) is 0 Å². The van der Waals surface area contributed by atoms with Crippen LogP contribution in [0.25, 0.3) is 0 Å². The molecule has 0 atom stereocenters. The summed E-state index contributed by atoms with van der Waals surface area (Å²) in [5.41, 5.74) is 0.483. The Kier molecular flexibility index (Phi) is 3.10. The summed E-state index contributed by atoms with van der Waals surface area (Å²) in [6, 6.07) is 8.85. The van der Waals surface area contributed by atoms with Crippen molar-refractivity contribution >= 4 is 11.6 Å². The molecule has 21 heavy (non-hydrogen) atoms. The molecule has 2 aromatic carbocycles. The molecular weight excluding hydrogens is 278 g/mol. The van der Waals surface area contributed by atoms with Crippen LogP contribution in [-0.4, -0.2) is 11.6 Å². The molecule has 104 valence electrons. The summed E-state index contributed by atoms with van der Waals surface area (Å²) in [7, 11) is 0. The molecule has 0 saturated carbocycles. The van der Waals surface area contributed by atoms with E-state index in [9.17, 15) is 18.4 Å². The number of benzene rings is 2. The fraction of sp³-hybridized carbons (Fsp3) is 0. The molecule has 2 aromatic rings. The third kappa shape index (κ3) is 2.45. The van der Waals surface area contributed by atoms with Crippen LogP contribution in [0, 0.1) is 11.6 Å². The van der Waals surface area contributed by atoms with Crippen LogP contribution in [0.3, 0.4) is 0 Å². The molecular formula is C16H8F2O3. The normalized spacial score (nSPS) is 13.7. The lowest BCUT2D eigenvalue weighted by Crippen LogP contribution is -2.20. The van der Waals surface area contributed by atoms with Crippen molar-refractivity contribution < 1.29 is 23.1 Å². The Morgan fingerprint density at radius 1 is 0.857 bits per heavy atom. The van der Waals surface area contributed by atoms with E-state index < -0.39 is 23.2 Å². The molecule has 0 heterocycles. The molecule has 0 N–H and O–H groups in total. The van der Waals surface area contributed by atoms with Crippen LogP contribution >= 0.6 is 0 Å². The van der Waals surface area contributed by atoms with Crippen molar-refractivity contribution in [2.24, 2.45) is 0 Å². The fourth-order valence-electron chi connectivity index (χ4n) is 2.08. The van der Waals surface area contributed by atoms with Gasteiger partial charge in [0, 0.05) is 35.4 Å². The number of Topliss-reactive ketones (excluding diaryl/α,β-unsaturated/α-hetero) is 1. The van der Waals surface area contributed by atoms with Crippen LogP contribution in [-0.2, 0) is 0 Å². The van der Waals surface area contributed by atoms with Gasteiger partial charge in [0.05, 0.1) is 0 Å². The minimum Gasteiger partial charge on any atom is -0.453 e. The van der Waals surface area contributed by atoms with Gasteiger partial charge in [-0.05, 0) is 0 Å². The average molecular weight is 286 g/mol. The number of hydrogen-bond acceptors (Lipinski definition) is 3. The first kappa shape index (κ1) is 13.2. The van der Waals surface area contributed by atoms with Gasteiger partial charge in [0.25, 0.3) is 0 Å². The van der Waals surface area contributed by atoms with Gasteiger partial charge >= 0.3 is 0 Å². The summed E-state index contributed by atoms with van der Waals surface area (Å²) in [6.45, 7) is 0. The van der Waals surface area contributed by atoms with Gasteiger partial charge in [-0.1, -0.05) is 24.3 Å². The second kappa shape index (κ2) is 4.94. The molecule has 1 aliphatic rings. The maximum absolute atomic E-state index is 13.1. The summed E-state index contributed by atoms with van der Waals surface area (Å²) in [5, 5.41) is 0. The predicted octanol–water partition coefficient (Wildman–Crippen LogP) is 3.31. The van der Waals surface area contributed by atoms with Crippen molar-refractivity contribution in [3.63, 3.8) is 0 Å². The highest BCUT2D eigenvalue weighted by Gasteiger charge is 2.26. The largest absolute Gasteiger partial charge is 0.453 e. The summed E-state index contributed by atoms with van der Waals surface area (Å²) >= 11 is 0. The van der Waals surface area contributed by atoms with Gasteiger partial charge in [0.1, 0.15) is 17.4 Å². The number of fused-ring (bicyclic) bond motifs is 1. The highest BCUT2D eigenvalue weighted by molar-refractivity contribution is 6.23. The first-order valence-corrected chi connectivity index (χ1v) is 6.08. The van der Waals surface area contributed by atoms with Crippen molar-refractivity contribution in [1.82, 2.24) is 0 Å². The molecule has 3 nitrogen and oxygen atoms in total. The first-order chi connectivity index (χ1) is 10.0. The number of carbonyl (C=O) groups excluding carboxylic acids is 2. The SMILES string of the molecule is O=C1C=C(Oc2cc(F)cc(F)c2)C(=O)c2ccccc21. The number of ether oxygens (including phenoxy) is 1. The van der Waals surface area contributed by atoms with Crippen LogP contribution in [0.2, 0.25) is 0 Å². The summed E-state index contributed by atoms with van der Waals surface area (Å²) in [6.07, 6.45) is 1.02. The second-order valence-electron chi connectivity index (χ2n) is 4.45. The molecule has 5 heteroatoms. The maximum Gasteiger partial charge on any atom is 0.229 e.